The normalized spacial score (nSPS) is 17.7. The number of aromatic nitrogens is 4. The molecular formula is C42H37N5O8. The van der Waals surface area contributed by atoms with E-state index in [2.05, 4.69) is 20.3 Å². The third-order valence-electron chi connectivity index (χ3n) is 9.19. The average Bonchev–Trinajstić information content (AvgIpc) is 3.76. The van der Waals surface area contributed by atoms with Gasteiger partial charge in [0.1, 0.15) is 19.0 Å². The average molecular weight is 740 g/mol. The molecule has 0 spiro atoms. The molecule has 1 aliphatic rings. The Kier molecular flexibility index (Phi) is 10.5. The van der Waals surface area contributed by atoms with Crippen molar-refractivity contribution in [2.75, 3.05) is 11.9 Å². The number of esters is 3. The number of rotatable bonds is 10. The molecular weight excluding hydrogens is 702 g/mol. The Hall–Kier alpha value is -6.73. The van der Waals surface area contributed by atoms with Crippen LogP contribution >= 0.6 is 0 Å². The second kappa shape index (κ2) is 15.7. The first-order valence-corrected chi connectivity index (χ1v) is 17.5. The van der Waals surface area contributed by atoms with Gasteiger partial charge in [-0.3, -0.25) is 9.36 Å². The van der Waals surface area contributed by atoms with Crippen molar-refractivity contribution in [2.24, 2.45) is 0 Å². The van der Waals surface area contributed by atoms with Gasteiger partial charge in [0.25, 0.3) is 5.91 Å². The molecule has 0 aliphatic carbocycles. The summed E-state index contributed by atoms with van der Waals surface area (Å²) in [6.07, 6.45) is -2.25. The van der Waals surface area contributed by atoms with Crippen molar-refractivity contribution < 1.29 is 38.1 Å². The number of anilines is 1. The molecule has 2 aromatic heterocycles. The Morgan fingerprint density at radius 3 is 1.62 bits per heavy atom. The van der Waals surface area contributed by atoms with Crippen molar-refractivity contribution in [3.8, 4) is 0 Å². The third kappa shape index (κ3) is 8.11. The number of ether oxygens (including phenoxy) is 4. The lowest BCUT2D eigenvalue weighted by Crippen LogP contribution is -2.41. The maximum Gasteiger partial charge on any atom is 0.338 e. The molecule has 55 heavy (non-hydrogen) atoms. The van der Waals surface area contributed by atoms with Crippen LogP contribution in [-0.4, -0.2) is 68.3 Å². The second-order valence-corrected chi connectivity index (χ2v) is 13.4. The minimum absolute atomic E-state index is 0.131. The van der Waals surface area contributed by atoms with Gasteiger partial charge < -0.3 is 24.3 Å². The van der Waals surface area contributed by atoms with E-state index in [9.17, 15) is 19.2 Å². The van der Waals surface area contributed by atoms with Crippen molar-refractivity contribution >= 4 is 40.8 Å². The molecule has 13 nitrogen and oxygen atoms in total. The molecule has 4 aromatic carbocycles. The maximum atomic E-state index is 13.7. The largest absolute Gasteiger partial charge is 0.459 e. The maximum absolute atomic E-state index is 13.7. The number of amides is 1. The zero-order chi connectivity index (χ0) is 38.6. The fourth-order valence-electron chi connectivity index (χ4n) is 6.04. The van der Waals surface area contributed by atoms with Crippen LogP contribution in [0.1, 0.15) is 69.9 Å². The highest BCUT2D eigenvalue weighted by molar-refractivity contribution is 6.06. The van der Waals surface area contributed by atoms with Crippen LogP contribution in [0, 0.1) is 27.7 Å². The van der Waals surface area contributed by atoms with Crippen LogP contribution < -0.4 is 5.32 Å². The standard InChI is InChI=1S/C42H37N5O8/c1-24-5-13-28(14-6-24)38(48)46-36-33-37(44-22-43-36)47(23-45-33)39-35(55-42(51)31-19-11-27(4)12-20-31)34(54-41(50)30-17-9-26(3)10-18-30)32(53-39)21-52-40(49)29-15-7-25(2)8-16-29/h5-20,22-23,32,34-35,39H,21H2,1-4H3,(H,43,44,46,48)/t32-,34-,35-,39-/m1/s1. The summed E-state index contributed by atoms with van der Waals surface area (Å²) in [5.74, 6) is -2.32. The quantitative estimate of drug-likeness (QED) is 0.120. The Bertz CT molecular complexity index is 2360. The zero-order valence-corrected chi connectivity index (χ0v) is 30.5. The fraction of sp³-hybridized carbons (Fsp3) is 0.214. The van der Waals surface area contributed by atoms with E-state index in [1.807, 2.05) is 39.8 Å². The van der Waals surface area contributed by atoms with E-state index in [-0.39, 0.29) is 34.7 Å². The Labute approximate surface area is 316 Å². The minimum Gasteiger partial charge on any atom is -0.459 e. The molecule has 13 heteroatoms. The van der Waals surface area contributed by atoms with Gasteiger partial charge in [-0.15, -0.1) is 0 Å². The number of nitrogens with one attached hydrogen (secondary N) is 1. The smallest absolute Gasteiger partial charge is 0.338 e. The van der Waals surface area contributed by atoms with Crippen molar-refractivity contribution in [1.82, 2.24) is 19.5 Å². The molecule has 0 bridgehead atoms. The summed E-state index contributed by atoms with van der Waals surface area (Å²) in [4.78, 5) is 66.9. The summed E-state index contributed by atoms with van der Waals surface area (Å²) in [7, 11) is 0. The first-order chi connectivity index (χ1) is 26.5. The van der Waals surface area contributed by atoms with Crippen LogP contribution in [0.25, 0.3) is 11.2 Å². The molecule has 6 aromatic rings. The molecule has 0 saturated carbocycles. The predicted molar refractivity (Wildman–Crippen MR) is 201 cm³/mol. The molecule has 0 unspecified atom stereocenters. The summed E-state index contributed by atoms with van der Waals surface area (Å²) < 4.78 is 25.9. The molecule has 3 heterocycles. The van der Waals surface area contributed by atoms with Crippen LogP contribution in [0.2, 0.25) is 0 Å². The van der Waals surface area contributed by atoms with Crippen LogP contribution in [-0.2, 0) is 18.9 Å². The van der Waals surface area contributed by atoms with Gasteiger partial charge in [0.05, 0.1) is 23.0 Å². The number of carbonyl (C=O) groups is 4. The lowest BCUT2D eigenvalue weighted by atomic mass is 10.1. The van der Waals surface area contributed by atoms with Crippen molar-refractivity contribution in [1.29, 1.82) is 0 Å². The number of hydrogen-bond acceptors (Lipinski definition) is 11. The molecule has 1 amide bonds. The van der Waals surface area contributed by atoms with E-state index < -0.39 is 48.4 Å². The number of hydrogen-bond donors (Lipinski definition) is 1. The topological polar surface area (TPSA) is 161 Å². The molecule has 0 radical (unpaired) electrons. The van der Waals surface area contributed by atoms with E-state index in [1.165, 1.54) is 17.2 Å². The van der Waals surface area contributed by atoms with E-state index in [0.29, 0.717) is 11.1 Å². The predicted octanol–water partition coefficient (Wildman–Crippen LogP) is 6.52. The van der Waals surface area contributed by atoms with E-state index in [4.69, 9.17) is 18.9 Å². The third-order valence-corrected chi connectivity index (χ3v) is 9.19. The summed E-state index contributed by atoms with van der Waals surface area (Å²) >= 11 is 0. The highest BCUT2D eigenvalue weighted by Crippen LogP contribution is 2.37. The number of nitrogens with zero attached hydrogens (tertiary/aromatic N) is 4. The van der Waals surface area contributed by atoms with E-state index >= 15 is 0 Å². The Balaban J connectivity index is 1.25. The van der Waals surface area contributed by atoms with Gasteiger partial charge in [0.2, 0.25) is 0 Å². The molecule has 7 rings (SSSR count). The van der Waals surface area contributed by atoms with Gasteiger partial charge >= 0.3 is 17.9 Å². The monoisotopic (exact) mass is 739 g/mol. The fourth-order valence-corrected chi connectivity index (χ4v) is 6.04. The molecule has 278 valence electrons. The van der Waals surface area contributed by atoms with Gasteiger partial charge in [-0.1, -0.05) is 70.8 Å². The summed E-state index contributed by atoms with van der Waals surface area (Å²) in [6, 6.07) is 27.5. The summed E-state index contributed by atoms with van der Waals surface area (Å²) in [5, 5.41) is 2.79. The number of fused-ring (bicyclic) bond motifs is 1. The van der Waals surface area contributed by atoms with Gasteiger partial charge in [0.15, 0.2) is 35.4 Å². The number of benzene rings is 4. The first-order valence-electron chi connectivity index (χ1n) is 17.5. The van der Waals surface area contributed by atoms with Crippen molar-refractivity contribution in [3.63, 3.8) is 0 Å². The van der Waals surface area contributed by atoms with Crippen LogP contribution in [0.3, 0.4) is 0 Å². The zero-order valence-electron chi connectivity index (χ0n) is 30.5. The van der Waals surface area contributed by atoms with Gasteiger partial charge in [0, 0.05) is 5.56 Å². The second-order valence-electron chi connectivity index (χ2n) is 13.4. The SMILES string of the molecule is Cc1ccc(C(=O)Nc2ncnc3c2ncn3[C@@H]2O[C@H](COC(=O)c3ccc(C)cc3)[C@@H](OC(=O)c3ccc(C)cc3)[C@H]2OC(=O)c2ccc(C)cc2)cc1. The minimum atomic E-state index is -1.30. The van der Waals surface area contributed by atoms with Crippen molar-refractivity contribution in [3.05, 3.63) is 154 Å². The Morgan fingerprint density at radius 2 is 1.09 bits per heavy atom. The van der Waals surface area contributed by atoms with Gasteiger partial charge in [-0.05, 0) is 76.2 Å². The lowest BCUT2D eigenvalue weighted by Gasteiger charge is -2.25. The lowest BCUT2D eigenvalue weighted by molar-refractivity contribution is -0.0606. The van der Waals surface area contributed by atoms with E-state index in [0.717, 1.165) is 22.3 Å². The molecule has 1 saturated heterocycles. The number of imidazole rings is 1. The number of carbonyl (C=O) groups excluding carboxylic acids is 4. The highest BCUT2D eigenvalue weighted by atomic mass is 16.7. The first kappa shape index (κ1) is 36.6. The number of aryl methyl sites for hydroxylation is 4. The molecule has 1 aliphatic heterocycles. The van der Waals surface area contributed by atoms with Gasteiger partial charge in [-0.25, -0.2) is 29.3 Å². The molecule has 1 fully saturated rings. The van der Waals surface area contributed by atoms with Crippen molar-refractivity contribution in [2.45, 2.75) is 52.2 Å². The van der Waals surface area contributed by atoms with Gasteiger partial charge in [-0.2, -0.15) is 0 Å². The van der Waals surface area contributed by atoms with Crippen LogP contribution in [0.4, 0.5) is 5.82 Å². The van der Waals surface area contributed by atoms with E-state index in [1.54, 1.807) is 84.9 Å². The molecule has 1 N–H and O–H groups in total. The Morgan fingerprint density at radius 1 is 0.618 bits per heavy atom. The summed E-state index contributed by atoms with van der Waals surface area (Å²) in [5.41, 5.74) is 5.52. The highest BCUT2D eigenvalue weighted by Gasteiger charge is 2.52. The summed E-state index contributed by atoms with van der Waals surface area (Å²) in [6.45, 7) is 7.24. The van der Waals surface area contributed by atoms with Crippen LogP contribution in [0.5, 0.6) is 0 Å². The van der Waals surface area contributed by atoms with Crippen LogP contribution in [0.15, 0.2) is 110 Å². The molecule has 4 atom stereocenters.